The number of rotatable bonds is 9. The smallest absolute Gasteiger partial charge is 0.191 e. The van der Waals surface area contributed by atoms with Crippen LogP contribution in [0, 0.1) is 6.92 Å². The summed E-state index contributed by atoms with van der Waals surface area (Å²) < 4.78 is 5.32. The molecule has 1 rings (SSSR count). The third-order valence-corrected chi connectivity index (χ3v) is 3.50. The zero-order chi connectivity index (χ0) is 14.6. The largest absolute Gasteiger partial charge is 0.382 e. The lowest BCUT2D eigenvalue weighted by Gasteiger charge is -2.10. The number of hydrogen-bond acceptors (Lipinski definition) is 4. The number of aliphatic imine (C=N–C) groups is 1. The summed E-state index contributed by atoms with van der Waals surface area (Å²) in [4.78, 5) is 10.1. The molecule has 0 amide bonds. The fraction of sp³-hybridized carbons (Fsp3) is 0.714. The SMILES string of the molecule is CCNC(=NCc1ncc(C)s1)NCCCCOCC. The second kappa shape index (κ2) is 10.6. The minimum Gasteiger partial charge on any atom is -0.382 e. The molecule has 0 bridgehead atoms. The Bertz CT molecular complexity index is 392. The van der Waals surface area contributed by atoms with Crippen molar-refractivity contribution in [2.24, 2.45) is 4.99 Å². The predicted octanol–water partition coefficient (Wildman–Crippen LogP) is 2.32. The van der Waals surface area contributed by atoms with Gasteiger partial charge in [-0.3, -0.25) is 0 Å². The van der Waals surface area contributed by atoms with Crippen LogP contribution >= 0.6 is 11.3 Å². The first kappa shape index (κ1) is 16.9. The second-order valence-electron chi connectivity index (χ2n) is 4.39. The summed E-state index contributed by atoms with van der Waals surface area (Å²) in [5, 5.41) is 7.63. The van der Waals surface area contributed by atoms with Crippen LogP contribution in [0.15, 0.2) is 11.2 Å². The van der Waals surface area contributed by atoms with Crippen molar-refractivity contribution in [2.75, 3.05) is 26.3 Å². The number of guanidine groups is 1. The molecule has 0 aliphatic carbocycles. The molecule has 0 atom stereocenters. The summed E-state index contributed by atoms with van der Waals surface area (Å²) in [6, 6.07) is 0. The van der Waals surface area contributed by atoms with Gasteiger partial charge in [-0.05, 0) is 33.6 Å². The van der Waals surface area contributed by atoms with Crippen molar-refractivity contribution >= 4 is 17.3 Å². The molecule has 0 radical (unpaired) electrons. The molecule has 1 aromatic heterocycles. The lowest BCUT2D eigenvalue weighted by molar-refractivity contribution is 0.143. The molecule has 0 saturated heterocycles. The van der Waals surface area contributed by atoms with Gasteiger partial charge in [0.1, 0.15) is 5.01 Å². The van der Waals surface area contributed by atoms with Crippen molar-refractivity contribution in [3.05, 3.63) is 16.1 Å². The van der Waals surface area contributed by atoms with Crippen LogP contribution in [0.4, 0.5) is 0 Å². The third-order valence-electron chi connectivity index (χ3n) is 2.60. The van der Waals surface area contributed by atoms with Crippen molar-refractivity contribution in [3.8, 4) is 0 Å². The van der Waals surface area contributed by atoms with Crippen LogP contribution in [0.25, 0.3) is 0 Å². The van der Waals surface area contributed by atoms with E-state index < -0.39 is 0 Å². The average Bonchev–Trinajstić information content (AvgIpc) is 2.85. The molecule has 0 aliphatic rings. The molecule has 0 saturated carbocycles. The molecule has 0 aromatic carbocycles. The zero-order valence-corrected chi connectivity index (χ0v) is 13.6. The van der Waals surface area contributed by atoms with E-state index >= 15 is 0 Å². The molecule has 5 nitrogen and oxygen atoms in total. The number of aromatic nitrogens is 1. The van der Waals surface area contributed by atoms with Gasteiger partial charge >= 0.3 is 0 Å². The molecule has 1 aromatic rings. The minimum absolute atomic E-state index is 0.632. The maximum absolute atomic E-state index is 5.32. The van der Waals surface area contributed by atoms with Crippen LogP contribution in [0.5, 0.6) is 0 Å². The highest BCUT2D eigenvalue weighted by molar-refractivity contribution is 7.11. The Morgan fingerprint density at radius 1 is 1.35 bits per heavy atom. The van der Waals surface area contributed by atoms with Crippen molar-refractivity contribution in [3.63, 3.8) is 0 Å². The summed E-state index contributed by atoms with van der Waals surface area (Å²) in [6.45, 7) is 10.2. The van der Waals surface area contributed by atoms with Gasteiger partial charge in [-0.15, -0.1) is 11.3 Å². The Morgan fingerprint density at radius 3 is 2.85 bits per heavy atom. The number of thiazole rings is 1. The highest BCUT2D eigenvalue weighted by Crippen LogP contribution is 2.11. The fourth-order valence-electron chi connectivity index (χ4n) is 1.64. The molecule has 114 valence electrons. The van der Waals surface area contributed by atoms with E-state index in [2.05, 4.69) is 34.5 Å². The number of unbranched alkanes of at least 4 members (excludes halogenated alkanes) is 1. The van der Waals surface area contributed by atoms with E-state index in [4.69, 9.17) is 4.74 Å². The molecular weight excluding hydrogens is 272 g/mol. The van der Waals surface area contributed by atoms with Crippen molar-refractivity contribution < 1.29 is 4.74 Å². The van der Waals surface area contributed by atoms with Gasteiger partial charge in [0.25, 0.3) is 0 Å². The maximum Gasteiger partial charge on any atom is 0.191 e. The van der Waals surface area contributed by atoms with Gasteiger partial charge in [0, 0.05) is 37.4 Å². The average molecular weight is 298 g/mol. The number of nitrogens with zero attached hydrogens (tertiary/aromatic N) is 2. The van der Waals surface area contributed by atoms with Crippen LogP contribution in [-0.2, 0) is 11.3 Å². The van der Waals surface area contributed by atoms with Gasteiger partial charge in [0.05, 0.1) is 6.54 Å². The van der Waals surface area contributed by atoms with Crippen LogP contribution < -0.4 is 10.6 Å². The number of nitrogens with one attached hydrogen (secondary N) is 2. The molecule has 0 spiro atoms. The van der Waals surface area contributed by atoms with Crippen LogP contribution in [0.1, 0.15) is 36.6 Å². The van der Waals surface area contributed by atoms with E-state index in [0.29, 0.717) is 6.54 Å². The Kier molecular flexibility index (Phi) is 8.98. The first-order valence-corrected chi connectivity index (χ1v) is 8.09. The topological polar surface area (TPSA) is 58.5 Å². The fourth-order valence-corrected chi connectivity index (χ4v) is 2.35. The third kappa shape index (κ3) is 7.45. The summed E-state index contributed by atoms with van der Waals surface area (Å²) in [5.41, 5.74) is 0. The van der Waals surface area contributed by atoms with Crippen molar-refractivity contribution in [1.82, 2.24) is 15.6 Å². The van der Waals surface area contributed by atoms with Gasteiger partial charge in [0.2, 0.25) is 0 Å². The Balaban J connectivity index is 2.28. The molecule has 20 heavy (non-hydrogen) atoms. The van der Waals surface area contributed by atoms with Crippen LogP contribution in [0.2, 0.25) is 0 Å². The standard InChI is InChI=1S/C14H26N4OS/c1-4-15-14(16-8-6-7-9-19-5-2)18-11-13-17-10-12(3)20-13/h10H,4-9,11H2,1-3H3,(H2,15,16,18). The predicted molar refractivity (Wildman–Crippen MR) is 85.4 cm³/mol. The Morgan fingerprint density at radius 2 is 2.20 bits per heavy atom. The first-order chi connectivity index (χ1) is 9.76. The quantitative estimate of drug-likeness (QED) is 0.417. The molecule has 1 heterocycles. The zero-order valence-electron chi connectivity index (χ0n) is 12.7. The molecule has 0 aliphatic heterocycles. The molecule has 6 heteroatoms. The highest BCUT2D eigenvalue weighted by atomic mass is 32.1. The molecule has 0 unspecified atom stereocenters. The van der Waals surface area contributed by atoms with E-state index in [-0.39, 0.29) is 0 Å². The molecule has 2 N–H and O–H groups in total. The van der Waals surface area contributed by atoms with Gasteiger partial charge in [0.15, 0.2) is 5.96 Å². The van der Waals surface area contributed by atoms with Gasteiger partial charge in [-0.2, -0.15) is 0 Å². The highest BCUT2D eigenvalue weighted by Gasteiger charge is 2.00. The maximum atomic E-state index is 5.32. The second-order valence-corrected chi connectivity index (χ2v) is 5.71. The first-order valence-electron chi connectivity index (χ1n) is 7.27. The van der Waals surface area contributed by atoms with E-state index in [1.165, 1.54) is 4.88 Å². The van der Waals surface area contributed by atoms with Gasteiger partial charge in [-0.1, -0.05) is 0 Å². The van der Waals surface area contributed by atoms with E-state index in [1.54, 1.807) is 11.3 Å². The number of hydrogen-bond donors (Lipinski definition) is 2. The molecule has 0 fully saturated rings. The van der Waals surface area contributed by atoms with Gasteiger partial charge in [-0.25, -0.2) is 9.98 Å². The lowest BCUT2D eigenvalue weighted by atomic mass is 10.3. The molecular formula is C14H26N4OS. The lowest BCUT2D eigenvalue weighted by Crippen LogP contribution is -2.37. The van der Waals surface area contributed by atoms with Crippen molar-refractivity contribution in [1.29, 1.82) is 0 Å². The van der Waals surface area contributed by atoms with Crippen molar-refractivity contribution in [2.45, 2.75) is 40.2 Å². The summed E-state index contributed by atoms with van der Waals surface area (Å²) in [6.07, 6.45) is 4.05. The Labute approximate surface area is 125 Å². The monoisotopic (exact) mass is 298 g/mol. The van der Waals surface area contributed by atoms with Crippen LogP contribution in [0.3, 0.4) is 0 Å². The van der Waals surface area contributed by atoms with E-state index in [9.17, 15) is 0 Å². The summed E-state index contributed by atoms with van der Waals surface area (Å²) in [5.74, 6) is 0.858. The Hall–Kier alpha value is -1.14. The summed E-state index contributed by atoms with van der Waals surface area (Å²) >= 11 is 1.69. The minimum atomic E-state index is 0.632. The van der Waals surface area contributed by atoms with Crippen LogP contribution in [-0.4, -0.2) is 37.2 Å². The summed E-state index contributed by atoms with van der Waals surface area (Å²) in [7, 11) is 0. The van der Waals surface area contributed by atoms with E-state index in [1.807, 2.05) is 13.1 Å². The number of aryl methyl sites for hydroxylation is 1. The van der Waals surface area contributed by atoms with E-state index in [0.717, 1.165) is 50.1 Å². The normalized spacial score (nSPS) is 11.7. The van der Waals surface area contributed by atoms with Gasteiger partial charge < -0.3 is 15.4 Å². The number of ether oxygens (including phenoxy) is 1.